The molecule has 0 aromatic carbocycles. The van der Waals surface area contributed by atoms with Crippen LogP contribution in [-0.4, -0.2) is 15.4 Å². The number of carbonyl (C=O) groups is 1. The summed E-state index contributed by atoms with van der Waals surface area (Å²) >= 11 is 2.82. The van der Waals surface area contributed by atoms with Gasteiger partial charge in [0.1, 0.15) is 11.5 Å². The summed E-state index contributed by atoms with van der Waals surface area (Å²) in [6.45, 7) is 4.13. The van der Waals surface area contributed by atoms with E-state index in [0.717, 1.165) is 17.7 Å². The van der Waals surface area contributed by atoms with E-state index in [1.165, 1.54) is 38.7 Å². The summed E-state index contributed by atoms with van der Waals surface area (Å²) in [4.78, 5) is 30.7. The number of hydrogen-bond donors (Lipinski definition) is 0. The Morgan fingerprint density at radius 1 is 1.39 bits per heavy atom. The lowest BCUT2D eigenvalue weighted by atomic mass is 10.1. The second-order valence-electron chi connectivity index (χ2n) is 5.16. The van der Waals surface area contributed by atoms with Crippen LogP contribution in [0, 0.1) is 6.92 Å². The molecule has 0 saturated carbocycles. The predicted molar refractivity (Wildman–Crippen MR) is 91.5 cm³/mol. The van der Waals surface area contributed by atoms with Gasteiger partial charge in [0.2, 0.25) is 0 Å². The van der Waals surface area contributed by atoms with Gasteiger partial charge < -0.3 is 4.74 Å². The average molecular weight is 348 g/mol. The first kappa shape index (κ1) is 15.9. The van der Waals surface area contributed by atoms with Gasteiger partial charge in [-0.3, -0.25) is 9.20 Å². The fraction of sp³-hybridized carbons (Fsp3) is 0.312. The van der Waals surface area contributed by atoms with E-state index in [1.807, 2.05) is 13.0 Å². The SMILES string of the molecule is CCCc1cc(C(=O)OCc2cc(=O)n3ccsc3n2)sc1C. The van der Waals surface area contributed by atoms with Gasteiger partial charge in [-0.25, -0.2) is 9.78 Å². The lowest BCUT2D eigenvalue weighted by Gasteiger charge is -2.03. The minimum absolute atomic E-state index is 0.00251. The van der Waals surface area contributed by atoms with Crippen molar-refractivity contribution in [2.45, 2.75) is 33.3 Å². The predicted octanol–water partition coefficient (Wildman–Crippen LogP) is 3.44. The Bertz CT molecular complexity index is 908. The molecule has 0 aliphatic heterocycles. The Labute approximate surface area is 141 Å². The highest BCUT2D eigenvalue weighted by Crippen LogP contribution is 2.23. The maximum Gasteiger partial charge on any atom is 0.348 e. The van der Waals surface area contributed by atoms with E-state index in [4.69, 9.17) is 4.74 Å². The van der Waals surface area contributed by atoms with Crippen molar-refractivity contribution in [3.05, 3.63) is 55.1 Å². The zero-order valence-corrected chi connectivity index (χ0v) is 14.5. The topological polar surface area (TPSA) is 60.7 Å². The first-order valence-electron chi connectivity index (χ1n) is 7.30. The molecule has 23 heavy (non-hydrogen) atoms. The van der Waals surface area contributed by atoms with Gasteiger partial charge in [0.05, 0.1) is 5.69 Å². The van der Waals surface area contributed by atoms with Crippen LogP contribution in [0.25, 0.3) is 4.96 Å². The minimum atomic E-state index is -0.367. The lowest BCUT2D eigenvalue weighted by Crippen LogP contribution is -2.14. The zero-order chi connectivity index (χ0) is 16.4. The van der Waals surface area contributed by atoms with Gasteiger partial charge in [0.15, 0.2) is 4.96 Å². The van der Waals surface area contributed by atoms with Gasteiger partial charge in [-0.15, -0.1) is 22.7 Å². The summed E-state index contributed by atoms with van der Waals surface area (Å²) in [7, 11) is 0. The summed E-state index contributed by atoms with van der Waals surface area (Å²) in [5.41, 5.74) is 1.49. The van der Waals surface area contributed by atoms with Crippen molar-refractivity contribution >= 4 is 33.6 Å². The Kier molecular flexibility index (Phi) is 4.58. The third kappa shape index (κ3) is 3.35. The number of ether oxygens (including phenoxy) is 1. The number of aryl methyl sites for hydroxylation is 2. The Morgan fingerprint density at radius 2 is 2.22 bits per heavy atom. The van der Waals surface area contributed by atoms with Gasteiger partial charge in [0.25, 0.3) is 5.56 Å². The second-order valence-corrected chi connectivity index (χ2v) is 7.29. The summed E-state index contributed by atoms with van der Waals surface area (Å²) in [5, 5.41) is 1.79. The fourth-order valence-electron chi connectivity index (χ4n) is 2.31. The van der Waals surface area contributed by atoms with Crippen LogP contribution in [0.15, 0.2) is 28.5 Å². The largest absolute Gasteiger partial charge is 0.455 e. The van der Waals surface area contributed by atoms with Crippen molar-refractivity contribution in [2.75, 3.05) is 0 Å². The molecule has 0 aliphatic carbocycles. The third-order valence-electron chi connectivity index (χ3n) is 3.45. The number of aromatic nitrogens is 2. The van der Waals surface area contributed by atoms with Crippen LogP contribution in [0.3, 0.4) is 0 Å². The van der Waals surface area contributed by atoms with Crippen molar-refractivity contribution in [3.8, 4) is 0 Å². The minimum Gasteiger partial charge on any atom is -0.455 e. The highest BCUT2D eigenvalue weighted by atomic mass is 32.1. The third-order valence-corrected chi connectivity index (χ3v) is 5.28. The normalized spacial score (nSPS) is 11.0. The number of nitrogens with zero attached hydrogens (tertiary/aromatic N) is 2. The van der Waals surface area contributed by atoms with E-state index in [9.17, 15) is 9.59 Å². The number of thiophene rings is 1. The molecule has 0 amide bonds. The van der Waals surface area contributed by atoms with Crippen molar-refractivity contribution in [1.29, 1.82) is 0 Å². The molecule has 0 aliphatic rings. The maximum atomic E-state index is 12.2. The highest BCUT2D eigenvalue weighted by molar-refractivity contribution is 7.15. The van der Waals surface area contributed by atoms with Crippen molar-refractivity contribution in [1.82, 2.24) is 9.38 Å². The number of thiazole rings is 1. The van der Waals surface area contributed by atoms with Crippen LogP contribution < -0.4 is 5.56 Å². The average Bonchev–Trinajstić information content (AvgIpc) is 3.13. The molecule has 0 radical (unpaired) electrons. The molecule has 0 bridgehead atoms. The maximum absolute atomic E-state index is 12.2. The summed E-state index contributed by atoms with van der Waals surface area (Å²) in [6, 6.07) is 3.30. The van der Waals surface area contributed by atoms with Gasteiger partial charge in [-0.1, -0.05) is 13.3 Å². The van der Waals surface area contributed by atoms with E-state index in [-0.39, 0.29) is 18.1 Å². The van der Waals surface area contributed by atoms with Crippen LogP contribution in [0.4, 0.5) is 0 Å². The Balaban J connectivity index is 1.72. The highest BCUT2D eigenvalue weighted by Gasteiger charge is 2.14. The van der Waals surface area contributed by atoms with E-state index < -0.39 is 0 Å². The standard InChI is InChI=1S/C16H16N2O3S2/c1-3-4-11-7-13(23-10(11)2)15(20)21-9-12-8-14(19)18-5-6-22-16(18)17-12/h5-8H,3-4,9H2,1-2H3. The summed E-state index contributed by atoms with van der Waals surface area (Å²) in [6.07, 6.45) is 3.68. The van der Waals surface area contributed by atoms with Crippen molar-refractivity contribution in [3.63, 3.8) is 0 Å². The Morgan fingerprint density at radius 3 is 3.00 bits per heavy atom. The summed E-state index contributed by atoms with van der Waals surface area (Å²) in [5.74, 6) is -0.367. The molecule has 0 spiro atoms. The molecular formula is C16H16N2O3S2. The molecule has 3 aromatic heterocycles. The van der Waals surface area contributed by atoms with Crippen molar-refractivity contribution < 1.29 is 9.53 Å². The monoisotopic (exact) mass is 348 g/mol. The molecular weight excluding hydrogens is 332 g/mol. The van der Waals surface area contributed by atoms with Crippen LogP contribution in [-0.2, 0) is 17.8 Å². The number of rotatable bonds is 5. The van der Waals surface area contributed by atoms with Crippen LogP contribution in [0.2, 0.25) is 0 Å². The molecule has 0 saturated heterocycles. The molecule has 0 fully saturated rings. The molecule has 3 rings (SSSR count). The van der Waals surface area contributed by atoms with Crippen LogP contribution in [0.1, 0.15) is 39.2 Å². The zero-order valence-electron chi connectivity index (χ0n) is 12.9. The number of esters is 1. The van der Waals surface area contributed by atoms with E-state index in [1.54, 1.807) is 11.6 Å². The molecule has 0 N–H and O–H groups in total. The van der Waals surface area contributed by atoms with E-state index in [2.05, 4.69) is 11.9 Å². The molecule has 120 valence electrons. The quantitative estimate of drug-likeness (QED) is 0.663. The van der Waals surface area contributed by atoms with Gasteiger partial charge in [0, 0.05) is 22.5 Å². The van der Waals surface area contributed by atoms with Gasteiger partial charge >= 0.3 is 5.97 Å². The van der Waals surface area contributed by atoms with Gasteiger partial charge in [-0.2, -0.15) is 0 Å². The number of carbonyl (C=O) groups excluding carboxylic acids is 1. The smallest absolute Gasteiger partial charge is 0.348 e. The lowest BCUT2D eigenvalue weighted by molar-refractivity contribution is 0.0473. The number of fused-ring (bicyclic) bond motifs is 1. The fourth-order valence-corrected chi connectivity index (χ4v) is 4.01. The van der Waals surface area contributed by atoms with Crippen LogP contribution >= 0.6 is 22.7 Å². The first-order chi connectivity index (χ1) is 11.1. The van der Waals surface area contributed by atoms with Crippen molar-refractivity contribution in [2.24, 2.45) is 0 Å². The van der Waals surface area contributed by atoms with E-state index >= 15 is 0 Å². The molecule has 0 atom stereocenters. The first-order valence-corrected chi connectivity index (χ1v) is 9.00. The summed E-state index contributed by atoms with van der Waals surface area (Å²) < 4.78 is 6.77. The second kappa shape index (κ2) is 6.64. The van der Waals surface area contributed by atoms with E-state index in [0.29, 0.717) is 15.5 Å². The molecule has 5 nitrogen and oxygen atoms in total. The Hall–Kier alpha value is -1.99. The molecule has 3 heterocycles. The molecule has 7 heteroatoms. The van der Waals surface area contributed by atoms with Gasteiger partial charge in [-0.05, 0) is 25.0 Å². The number of hydrogen-bond acceptors (Lipinski definition) is 6. The van der Waals surface area contributed by atoms with Crippen LogP contribution in [0.5, 0.6) is 0 Å². The molecule has 3 aromatic rings. The molecule has 0 unspecified atom stereocenters.